The van der Waals surface area contributed by atoms with Gasteiger partial charge in [-0.25, -0.2) is 0 Å². The number of piperazine rings is 1. The van der Waals surface area contributed by atoms with Crippen molar-refractivity contribution < 1.29 is 9.59 Å². The number of imide groups is 1. The van der Waals surface area contributed by atoms with E-state index in [0.29, 0.717) is 25.0 Å². The Balaban J connectivity index is 2.47. The van der Waals surface area contributed by atoms with Crippen molar-refractivity contribution in [2.75, 3.05) is 13.1 Å². The van der Waals surface area contributed by atoms with Gasteiger partial charge in [0.05, 0.1) is 13.1 Å². The van der Waals surface area contributed by atoms with Gasteiger partial charge >= 0.3 is 0 Å². The van der Waals surface area contributed by atoms with Crippen molar-refractivity contribution in [3.63, 3.8) is 0 Å². The summed E-state index contributed by atoms with van der Waals surface area (Å²) < 4.78 is 0. The minimum Gasteiger partial charge on any atom is -0.294 e. The lowest BCUT2D eigenvalue weighted by Gasteiger charge is -2.32. The number of carbonyl (C=O) groups is 2. The SMILES string of the molecule is CCC(C)CC(C)N1CC(=O)NC(=O)C1. The molecular formula is C11H20N2O2. The van der Waals surface area contributed by atoms with Gasteiger partial charge in [-0.1, -0.05) is 20.3 Å². The van der Waals surface area contributed by atoms with Crippen LogP contribution in [-0.2, 0) is 9.59 Å². The monoisotopic (exact) mass is 212 g/mol. The molecule has 0 radical (unpaired) electrons. The predicted octanol–water partition coefficient (Wildman–Crippen LogP) is 0.769. The molecule has 0 aromatic rings. The normalized spacial score (nSPS) is 22.3. The van der Waals surface area contributed by atoms with E-state index >= 15 is 0 Å². The summed E-state index contributed by atoms with van der Waals surface area (Å²) in [7, 11) is 0. The Kier molecular flexibility index (Phi) is 4.27. The fourth-order valence-corrected chi connectivity index (χ4v) is 1.87. The van der Waals surface area contributed by atoms with E-state index in [9.17, 15) is 9.59 Å². The van der Waals surface area contributed by atoms with E-state index in [0.717, 1.165) is 12.8 Å². The quantitative estimate of drug-likeness (QED) is 0.700. The van der Waals surface area contributed by atoms with Gasteiger partial charge in [0.25, 0.3) is 0 Å². The summed E-state index contributed by atoms with van der Waals surface area (Å²) in [6.07, 6.45) is 2.18. The molecule has 1 N–H and O–H groups in total. The molecule has 15 heavy (non-hydrogen) atoms. The predicted molar refractivity (Wildman–Crippen MR) is 58.3 cm³/mol. The Labute approximate surface area is 91.0 Å². The molecule has 1 aliphatic rings. The third kappa shape index (κ3) is 3.63. The van der Waals surface area contributed by atoms with Crippen LogP contribution in [0.5, 0.6) is 0 Å². The lowest BCUT2D eigenvalue weighted by Crippen LogP contribution is -2.54. The highest BCUT2D eigenvalue weighted by molar-refractivity contribution is 5.99. The molecule has 0 saturated carbocycles. The molecule has 2 unspecified atom stereocenters. The maximum absolute atomic E-state index is 11.2. The standard InChI is InChI=1S/C11H20N2O2/c1-4-8(2)5-9(3)13-6-10(14)12-11(15)7-13/h8-9H,4-7H2,1-3H3,(H,12,14,15). The maximum atomic E-state index is 11.2. The van der Waals surface area contributed by atoms with Crippen molar-refractivity contribution >= 4 is 11.8 Å². The van der Waals surface area contributed by atoms with Crippen molar-refractivity contribution in [1.82, 2.24) is 10.2 Å². The average Bonchev–Trinajstić information content (AvgIpc) is 2.16. The van der Waals surface area contributed by atoms with Crippen LogP contribution in [0.1, 0.15) is 33.6 Å². The number of hydrogen-bond acceptors (Lipinski definition) is 3. The van der Waals surface area contributed by atoms with E-state index < -0.39 is 0 Å². The van der Waals surface area contributed by atoms with Gasteiger partial charge in [-0.2, -0.15) is 0 Å². The fourth-order valence-electron chi connectivity index (χ4n) is 1.87. The van der Waals surface area contributed by atoms with Crippen LogP contribution in [-0.4, -0.2) is 35.8 Å². The Hall–Kier alpha value is -0.900. The van der Waals surface area contributed by atoms with E-state index in [4.69, 9.17) is 0 Å². The van der Waals surface area contributed by atoms with Gasteiger partial charge in [0.2, 0.25) is 11.8 Å². The van der Waals surface area contributed by atoms with Gasteiger partial charge < -0.3 is 0 Å². The van der Waals surface area contributed by atoms with Crippen molar-refractivity contribution in [3.05, 3.63) is 0 Å². The zero-order chi connectivity index (χ0) is 11.4. The highest BCUT2D eigenvalue weighted by Crippen LogP contribution is 2.14. The summed E-state index contributed by atoms with van der Waals surface area (Å²) in [6.45, 7) is 7.14. The molecule has 1 aliphatic heterocycles. The second kappa shape index (κ2) is 5.26. The number of carbonyl (C=O) groups excluding carboxylic acids is 2. The van der Waals surface area contributed by atoms with E-state index in [1.54, 1.807) is 0 Å². The summed E-state index contributed by atoms with van der Waals surface area (Å²) in [6, 6.07) is 0.301. The number of hydrogen-bond donors (Lipinski definition) is 1. The zero-order valence-electron chi connectivity index (χ0n) is 9.75. The van der Waals surface area contributed by atoms with Crippen LogP contribution >= 0.6 is 0 Å². The van der Waals surface area contributed by atoms with Gasteiger partial charge in [-0.3, -0.25) is 19.8 Å². The van der Waals surface area contributed by atoms with Gasteiger partial charge in [0, 0.05) is 6.04 Å². The third-order valence-electron chi connectivity index (χ3n) is 3.04. The lowest BCUT2D eigenvalue weighted by molar-refractivity contribution is -0.137. The van der Waals surface area contributed by atoms with E-state index in [-0.39, 0.29) is 11.8 Å². The van der Waals surface area contributed by atoms with Crippen LogP contribution in [0.25, 0.3) is 0 Å². The summed E-state index contributed by atoms with van der Waals surface area (Å²) in [4.78, 5) is 24.3. The Morgan fingerprint density at radius 1 is 1.27 bits per heavy atom. The van der Waals surface area contributed by atoms with Crippen molar-refractivity contribution in [2.24, 2.45) is 5.92 Å². The van der Waals surface area contributed by atoms with Crippen molar-refractivity contribution in [1.29, 1.82) is 0 Å². The molecule has 0 aromatic carbocycles. The number of nitrogens with one attached hydrogen (secondary N) is 1. The van der Waals surface area contributed by atoms with Crippen LogP contribution in [0.15, 0.2) is 0 Å². The van der Waals surface area contributed by atoms with Gasteiger partial charge in [0.15, 0.2) is 0 Å². The highest BCUT2D eigenvalue weighted by atomic mass is 16.2. The second-order valence-corrected chi connectivity index (χ2v) is 4.47. The molecule has 2 atom stereocenters. The van der Waals surface area contributed by atoms with Gasteiger partial charge in [-0.05, 0) is 19.3 Å². The van der Waals surface area contributed by atoms with Gasteiger partial charge in [0.1, 0.15) is 0 Å². The molecule has 1 fully saturated rings. The Bertz CT molecular complexity index is 237. The number of rotatable bonds is 4. The van der Waals surface area contributed by atoms with E-state index in [2.05, 4.69) is 26.1 Å². The van der Waals surface area contributed by atoms with Gasteiger partial charge in [-0.15, -0.1) is 0 Å². The first-order chi connectivity index (χ1) is 7.02. The topological polar surface area (TPSA) is 49.4 Å². The minimum absolute atomic E-state index is 0.178. The average molecular weight is 212 g/mol. The summed E-state index contributed by atoms with van der Waals surface area (Å²) >= 11 is 0. The molecule has 4 heteroatoms. The maximum Gasteiger partial charge on any atom is 0.240 e. The van der Waals surface area contributed by atoms with Crippen LogP contribution in [0, 0.1) is 5.92 Å². The summed E-state index contributed by atoms with van der Waals surface area (Å²) in [5, 5.41) is 2.31. The molecule has 0 aromatic heterocycles. The van der Waals surface area contributed by atoms with Crippen molar-refractivity contribution in [2.45, 2.75) is 39.7 Å². The van der Waals surface area contributed by atoms with Crippen LogP contribution in [0.4, 0.5) is 0 Å². The molecule has 0 aliphatic carbocycles. The highest BCUT2D eigenvalue weighted by Gasteiger charge is 2.26. The Morgan fingerprint density at radius 3 is 2.27 bits per heavy atom. The molecule has 0 bridgehead atoms. The summed E-state index contributed by atoms with van der Waals surface area (Å²) in [5.41, 5.74) is 0. The molecular weight excluding hydrogens is 192 g/mol. The first-order valence-corrected chi connectivity index (χ1v) is 5.59. The van der Waals surface area contributed by atoms with E-state index in [1.807, 2.05) is 4.90 Å². The van der Waals surface area contributed by atoms with Crippen LogP contribution in [0.3, 0.4) is 0 Å². The van der Waals surface area contributed by atoms with Crippen LogP contribution in [0.2, 0.25) is 0 Å². The smallest absolute Gasteiger partial charge is 0.240 e. The first kappa shape index (κ1) is 12.2. The van der Waals surface area contributed by atoms with Crippen molar-refractivity contribution in [3.8, 4) is 0 Å². The van der Waals surface area contributed by atoms with Crippen LogP contribution < -0.4 is 5.32 Å². The molecule has 86 valence electrons. The number of amides is 2. The van der Waals surface area contributed by atoms with E-state index in [1.165, 1.54) is 0 Å². The molecule has 0 spiro atoms. The largest absolute Gasteiger partial charge is 0.294 e. The minimum atomic E-state index is -0.178. The Morgan fingerprint density at radius 2 is 1.80 bits per heavy atom. The zero-order valence-corrected chi connectivity index (χ0v) is 9.75. The lowest BCUT2D eigenvalue weighted by atomic mass is 9.99. The fraction of sp³-hybridized carbons (Fsp3) is 0.818. The molecule has 1 heterocycles. The molecule has 2 amide bonds. The third-order valence-corrected chi connectivity index (χ3v) is 3.04. The molecule has 1 rings (SSSR count). The second-order valence-electron chi connectivity index (χ2n) is 4.47. The summed E-state index contributed by atoms with van der Waals surface area (Å²) in [5.74, 6) is 0.282. The first-order valence-electron chi connectivity index (χ1n) is 5.59. The molecule has 1 saturated heterocycles. The molecule has 4 nitrogen and oxygen atoms in total. The number of nitrogens with zero attached hydrogens (tertiary/aromatic N) is 1.